The lowest BCUT2D eigenvalue weighted by atomic mass is 9.81. The highest BCUT2D eigenvalue weighted by atomic mass is 79.9. The molecular formula is C14H19BrS2. The first-order valence-electron chi connectivity index (χ1n) is 5.83. The van der Waals surface area contributed by atoms with Crippen molar-refractivity contribution in [3.63, 3.8) is 0 Å². The number of hydrogen-bond donors (Lipinski definition) is 0. The van der Waals surface area contributed by atoms with Gasteiger partial charge < -0.3 is 0 Å². The lowest BCUT2D eigenvalue weighted by Gasteiger charge is -2.26. The molecule has 2 aromatic rings. The van der Waals surface area contributed by atoms with Crippen molar-refractivity contribution in [1.82, 2.24) is 0 Å². The van der Waals surface area contributed by atoms with Crippen molar-refractivity contribution in [2.75, 3.05) is 0 Å². The predicted molar refractivity (Wildman–Crippen MR) is 84.8 cm³/mol. The number of rotatable bonds is 0. The maximum atomic E-state index is 3.67. The van der Waals surface area contributed by atoms with Crippen molar-refractivity contribution in [1.29, 1.82) is 0 Å². The van der Waals surface area contributed by atoms with Crippen LogP contribution in [0.4, 0.5) is 0 Å². The average molecular weight is 331 g/mol. The average Bonchev–Trinajstić information content (AvgIpc) is 2.63. The van der Waals surface area contributed by atoms with Crippen molar-refractivity contribution < 1.29 is 0 Å². The second-order valence-electron chi connectivity index (χ2n) is 6.55. The van der Waals surface area contributed by atoms with E-state index < -0.39 is 0 Å². The molecule has 0 saturated heterocycles. The zero-order valence-corrected chi connectivity index (χ0v) is 14.5. The molecule has 3 heteroatoms. The molecule has 0 aromatic carbocycles. The number of halogens is 1. The first-order valence-corrected chi connectivity index (χ1v) is 8.31. The fourth-order valence-corrected chi connectivity index (χ4v) is 5.77. The zero-order valence-electron chi connectivity index (χ0n) is 11.3. The minimum absolute atomic E-state index is 0.213. The fraction of sp³-hybridized carbons (Fsp3) is 0.571. The maximum Gasteiger partial charge on any atom is 0.0599 e. The van der Waals surface area contributed by atoms with Gasteiger partial charge in [-0.2, -0.15) is 0 Å². The standard InChI is InChI=1S/C14H19BrS2/c1-13(2,3)9-11-10(8(15)7-16-11)17-12(9)14(4,5)6/h7H,1-6H3. The lowest BCUT2D eigenvalue weighted by Crippen LogP contribution is -2.19. The second kappa shape index (κ2) is 4.07. The molecule has 0 fully saturated rings. The molecule has 0 spiro atoms. The third-order valence-electron chi connectivity index (χ3n) is 2.79. The van der Waals surface area contributed by atoms with Crippen LogP contribution in [0.5, 0.6) is 0 Å². The summed E-state index contributed by atoms with van der Waals surface area (Å²) in [5, 5.41) is 2.21. The summed E-state index contributed by atoms with van der Waals surface area (Å²) in [4.78, 5) is 1.53. The van der Waals surface area contributed by atoms with Crippen molar-refractivity contribution >= 4 is 48.0 Å². The Bertz CT molecular complexity index is 547. The van der Waals surface area contributed by atoms with Crippen LogP contribution in [-0.2, 0) is 10.8 Å². The first kappa shape index (κ1) is 13.6. The molecule has 0 N–H and O–H groups in total. The Morgan fingerprint density at radius 1 is 0.941 bits per heavy atom. The van der Waals surface area contributed by atoms with Gasteiger partial charge in [-0.25, -0.2) is 0 Å². The minimum Gasteiger partial charge on any atom is -0.141 e. The molecule has 2 heterocycles. The summed E-state index contributed by atoms with van der Waals surface area (Å²) in [5.41, 5.74) is 1.98. The van der Waals surface area contributed by atoms with Gasteiger partial charge in [0.2, 0.25) is 0 Å². The van der Waals surface area contributed by atoms with Crippen LogP contribution >= 0.6 is 38.6 Å². The predicted octanol–water partition coefficient (Wildman–Crippen LogP) is 6.32. The molecule has 0 saturated carbocycles. The summed E-state index contributed by atoms with van der Waals surface area (Å²) < 4.78 is 4.15. The van der Waals surface area contributed by atoms with Crippen molar-refractivity contribution in [2.45, 2.75) is 52.4 Å². The normalized spacial score (nSPS) is 13.6. The SMILES string of the molecule is CC(C)(C)c1sc2c(Br)csc2c1C(C)(C)C. The van der Waals surface area contributed by atoms with Crippen LogP contribution in [0.2, 0.25) is 0 Å². The van der Waals surface area contributed by atoms with Crippen molar-refractivity contribution in [3.05, 3.63) is 20.3 Å². The van der Waals surface area contributed by atoms with E-state index in [1.165, 1.54) is 18.7 Å². The zero-order chi connectivity index (χ0) is 13.0. The molecule has 0 nitrogen and oxygen atoms in total. The monoisotopic (exact) mass is 330 g/mol. The Kier molecular flexibility index (Phi) is 3.25. The van der Waals surface area contributed by atoms with Gasteiger partial charge in [-0.1, -0.05) is 41.5 Å². The third-order valence-corrected chi connectivity index (χ3v) is 6.76. The maximum absolute atomic E-state index is 3.67. The van der Waals surface area contributed by atoms with E-state index in [-0.39, 0.29) is 10.8 Å². The van der Waals surface area contributed by atoms with Gasteiger partial charge in [0.15, 0.2) is 0 Å². The highest BCUT2D eigenvalue weighted by Gasteiger charge is 2.30. The molecule has 0 aliphatic heterocycles. The van der Waals surface area contributed by atoms with E-state index in [0.29, 0.717) is 0 Å². The van der Waals surface area contributed by atoms with E-state index in [9.17, 15) is 0 Å². The highest BCUT2D eigenvalue weighted by molar-refractivity contribution is 9.10. The fourth-order valence-electron chi connectivity index (χ4n) is 2.06. The number of hydrogen-bond acceptors (Lipinski definition) is 2. The smallest absolute Gasteiger partial charge is 0.0599 e. The Morgan fingerprint density at radius 3 is 2.00 bits per heavy atom. The molecule has 0 radical (unpaired) electrons. The van der Waals surface area contributed by atoms with Gasteiger partial charge in [0.1, 0.15) is 0 Å². The molecule has 0 atom stereocenters. The highest BCUT2D eigenvalue weighted by Crippen LogP contribution is 2.49. The molecule has 2 aromatic heterocycles. The number of fused-ring (bicyclic) bond motifs is 1. The molecule has 2 rings (SSSR count). The molecule has 0 bridgehead atoms. The van der Waals surface area contributed by atoms with E-state index in [2.05, 4.69) is 62.9 Å². The Hall–Kier alpha value is 0.140. The lowest BCUT2D eigenvalue weighted by molar-refractivity contribution is 0.546. The summed E-state index contributed by atoms with van der Waals surface area (Å²) in [7, 11) is 0. The molecule has 0 aliphatic rings. The number of thiophene rings is 2. The van der Waals surface area contributed by atoms with Gasteiger partial charge in [-0.3, -0.25) is 0 Å². The van der Waals surface area contributed by atoms with Crippen LogP contribution in [0.3, 0.4) is 0 Å². The quantitative estimate of drug-likeness (QED) is 0.530. The van der Waals surface area contributed by atoms with Crippen LogP contribution in [0.15, 0.2) is 9.85 Å². The molecule has 0 unspecified atom stereocenters. The van der Waals surface area contributed by atoms with E-state index in [1.807, 2.05) is 22.7 Å². The van der Waals surface area contributed by atoms with Crippen molar-refractivity contribution in [3.8, 4) is 0 Å². The second-order valence-corrected chi connectivity index (χ2v) is 9.30. The first-order chi connectivity index (χ1) is 7.62. The summed E-state index contributed by atoms with van der Waals surface area (Å²) in [6.07, 6.45) is 0. The molecule has 0 amide bonds. The van der Waals surface area contributed by atoms with E-state index in [4.69, 9.17) is 0 Å². The van der Waals surface area contributed by atoms with E-state index >= 15 is 0 Å². The minimum atomic E-state index is 0.213. The molecular weight excluding hydrogens is 312 g/mol. The largest absolute Gasteiger partial charge is 0.141 e. The topological polar surface area (TPSA) is 0 Å². The third kappa shape index (κ3) is 2.34. The van der Waals surface area contributed by atoms with Gasteiger partial charge in [-0.05, 0) is 32.3 Å². The van der Waals surface area contributed by atoms with Gasteiger partial charge in [0.25, 0.3) is 0 Å². The van der Waals surface area contributed by atoms with Gasteiger partial charge in [0, 0.05) is 14.7 Å². The Balaban J connectivity index is 2.84. The van der Waals surface area contributed by atoms with Crippen LogP contribution in [0, 0.1) is 0 Å². The van der Waals surface area contributed by atoms with Gasteiger partial charge >= 0.3 is 0 Å². The van der Waals surface area contributed by atoms with Crippen molar-refractivity contribution in [2.24, 2.45) is 0 Å². The van der Waals surface area contributed by atoms with Crippen LogP contribution in [0.25, 0.3) is 9.40 Å². The molecule has 94 valence electrons. The molecule has 17 heavy (non-hydrogen) atoms. The Labute approximate surface area is 120 Å². The summed E-state index contributed by atoms with van der Waals surface area (Å²) >= 11 is 7.49. The van der Waals surface area contributed by atoms with Crippen LogP contribution in [0.1, 0.15) is 52.0 Å². The van der Waals surface area contributed by atoms with Crippen LogP contribution < -0.4 is 0 Å². The van der Waals surface area contributed by atoms with E-state index in [1.54, 1.807) is 5.56 Å². The Morgan fingerprint density at radius 2 is 1.53 bits per heavy atom. The van der Waals surface area contributed by atoms with E-state index in [0.717, 1.165) is 0 Å². The summed E-state index contributed by atoms with van der Waals surface area (Å²) in [6, 6.07) is 0. The van der Waals surface area contributed by atoms with Crippen LogP contribution in [-0.4, -0.2) is 0 Å². The van der Waals surface area contributed by atoms with Gasteiger partial charge in [-0.15, -0.1) is 22.7 Å². The summed E-state index contributed by atoms with van der Waals surface area (Å²) in [5.74, 6) is 0. The summed E-state index contributed by atoms with van der Waals surface area (Å²) in [6.45, 7) is 13.9. The molecule has 0 aliphatic carbocycles. The van der Waals surface area contributed by atoms with Gasteiger partial charge in [0.05, 0.1) is 9.40 Å².